The van der Waals surface area contributed by atoms with Crippen molar-refractivity contribution in [2.75, 3.05) is 23.4 Å². The van der Waals surface area contributed by atoms with E-state index in [0.717, 1.165) is 10.6 Å². The molecular formula is C13H14ClN3O2S2. The van der Waals surface area contributed by atoms with E-state index >= 15 is 0 Å². The van der Waals surface area contributed by atoms with Gasteiger partial charge < -0.3 is 5.32 Å². The topological polar surface area (TPSA) is 72.0 Å². The third-order valence-electron chi connectivity index (χ3n) is 3.40. The molecule has 8 heteroatoms. The third-order valence-corrected chi connectivity index (χ3v) is 6.48. The monoisotopic (exact) mass is 343 g/mol. The first-order chi connectivity index (χ1) is 10.0. The van der Waals surface area contributed by atoms with Gasteiger partial charge in [-0.1, -0.05) is 41.1 Å². The molecule has 0 amide bonds. The Labute approximate surface area is 132 Å². The van der Waals surface area contributed by atoms with Gasteiger partial charge in [0.1, 0.15) is 0 Å². The maximum atomic E-state index is 11.4. The number of halogens is 1. The van der Waals surface area contributed by atoms with E-state index in [-0.39, 0.29) is 11.7 Å². The van der Waals surface area contributed by atoms with Crippen molar-refractivity contribution in [3.8, 4) is 10.6 Å². The lowest BCUT2D eigenvalue weighted by molar-refractivity contribution is 0.596. The molecule has 0 spiro atoms. The molecular weight excluding hydrogens is 330 g/mol. The van der Waals surface area contributed by atoms with Crippen LogP contribution in [0.25, 0.3) is 10.6 Å². The zero-order chi connectivity index (χ0) is 14.9. The highest BCUT2D eigenvalue weighted by atomic mass is 35.5. The lowest BCUT2D eigenvalue weighted by Crippen LogP contribution is -2.15. The SMILES string of the molecule is O=S1(=O)CC[C@H](CNc2nnc(-c3ccccc3Cl)s2)C1. The summed E-state index contributed by atoms with van der Waals surface area (Å²) in [5, 5.41) is 13.5. The number of anilines is 1. The minimum Gasteiger partial charge on any atom is -0.360 e. The standard InChI is InChI=1S/C13H14ClN3O2S2/c14-11-4-2-1-3-10(11)12-16-17-13(20-12)15-7-9-5-6-21(18,19)8-9/h1-4,9H,5-8H2,(H,15,17)/t9-/m1/s1. The Bertz CT molecular complexity index is 745. The smallest absolute Gasteiger partial charge is 0.206 e. The van der Waals surface area contributed by atoms with Crippen LogP contribution in [0.2, 0.25) is 5.02 Å². The highest BCUT2D eigenvalue weighted by Gasteiger charge is 2.27. The summed E-state index contributed by atoms with van der Waals surface area (Å²) in [4.78, 5) is 0. The number of hydrogen-bond acceptors (Lipinski definition) is 6. The largest absolute Gasteiger partial charge is 0.360 e. The molecule has 0 radical (unpaired) electrons. The molecule has 1 fully saturated rings. The van der Waals surface area contributed by atoms with Crippen molar-refractivity contribution in [3.05, 3.63) is 29.3 Å². The van der Waals surface area contributed by atoms with Crippen LogP contribution in [-0.4, -0.2) is 36.7 Å². The van der Waals surface area contributed by atoms with E-state index in [1.54, 1.807) is 0 Å². The Morgan fingerprint density at radius 2 is 2.14 bits per heavy atom. The second-order valence-electron chi connectivity index (χ2n) is 5.04. The molecule has 2 aromatic rings. The van der Waals surface area contributed by atoms with Crippen molar-refractivity contribution in [2.24, 2.45) is 5.92 Å². The van der Waals surface area contributed by atoms with E-state index in [2.05, 4.69) is 15.5 Å². The van der Waals surface area contributed by atoms with Gasteiger partial charge in [0.15, 0.2) is 14.8 Å². The summed E-state index contributed by atoms with van der Waals surface area (Å²) in [6, 6.07) is 7.48. The van der Waals surface area contributed by atoms with E-state index < -0.39 is 9.84 Å². The molecule has 0 aliphatic carbocycles. The van der Waals surface area contributed by atoms with Gasteiger partial charge in [-0.15, -0.1) is 10.2 Å². The lowest BCUT2D eigenvalue weighted by Gasteiger charge is -2.07. The second-order valence-corrected chi connectivity index (χ2v) is 8.66. The molecule has 3 rings (SSSR count). The average molecular weight is 344 g/mol. The summed E-state index contributed by atoms with van der Waals surface area (Å²) in [5.74, 6) is 0.707. The highest BCUT2D eigenvalue weighted by Crippen LogP contribution is 2.31. The van der Waals surface area contributed by atoms with Gasteiger partial charge in [-0.2, -0.15) is 0 Å². The number of sulfone groups is 1. The minimum atomic E-state index is -2.83. The molecule has 0 saturated carbocycles. The second kappa shape index (κ2) is 5.90. The molecule has 5 nitrogen and oxygen atoms in total. The predicted octanol–water partition coefficient (Wildman–Crippen LogP) is 2.71. The van der Waals surface area contributed by atoms with E-state index in [1.807, 2.05) is 24.3 Å². The summed E-state index contributed by atoms with van der Waals surface area (Å²) >= 11 is 7.55. The van der Waals surface area contributed by atoms with Gasteiger partial charge in [-0.3, -0.25) is 0 Å². The van der Waals surface area contributed by atoms with Gasteiger partial charge in [0.05, 0.1) is 16.5 Å². The van der Waals surface area contributed by atoms with E-state index in [4.69, 9.17) is 11.6 Å². The molecule has 1 aromatic heterocycles. The zero-order valence-electron chi connectivity index (χ0n) is 11.1. The summed E-state index contributed by atoms with van der Waals surface area (Å²) in [6.07, 6.45) is 0.714. The normalized spacial score (nSPS) is 20.5. The molecule has 1 saturated heterocycles. The van der Waals surface area contributed by atoms with Crippen molar-refractivity contribution < 1.29 is 8.42 Å². The molecule has 1 aliphatic heterocycles. The van der Waals surface area contributed by atoms with Crippen LogP contribution in [0.1, 0.15) is 6.42 Å². The molecule has 0 bridgehead atoms. The number of nitrogens with one attached hydrogen (secondary N) is 1. The van der Waals surface area contributed by atoms with Crippen molar-refractivity contribution in [1.82, 2.24) is 10.2 Å². The number of hydrogen-bond donors (Lipinski definition) is 1. The first-order valence-corrected chi connectivity index (χ1v) is 9.58. The number of nitrogens with zero attached hydrogens (tertiary/aromatic N) is 2. The van der Waals surface area contributed by atoms with Gasteiger partial charge in [-0.05, 0) is 18.4 Å². The average Bonchev–Trinajstić information content (AvgIpc) is 3.03. The number of aromatic nitrogens is 2. The number of benzene rings is 1. The van der Waals surface area contributed by atoms with Crippen LogP contribution >= 0.6 is 22.9 Å². The van der Waals surface area contributed by atoms with Crippen LogP contribution in [-0.2, 0) is 9.84 Å². The summed E-state index contributed by atoms with van der Waals surface area (Å²) in [5.41, 5.74) is 0.855. The predicted molar refractivity (Wildman–Crippen MR) is 85.6 cm³/mol. The zero-order valence-corrected chi connectivity index (χ0v) is 13.5. The van der Waals surface area contributed by atoms with Crippen LogP contribution in [0.4, 0.5) is 5.13 Å². The maximum absolute atomic E-state index is 11.4. The van der Waals surface area contributed by atoms with Crippen LogP contribution in [0, 0.1) is 5.92 Å². The first kappa shape index (κ1) is 14.7. The molecule has 1 N–H and O–H groups in total. The maximum Gasteiger partial charge on any atom is 0.206 e. The first-order valence-electron chi connectivity index (χ1n) is 6.56. The van der Waals surface area contributed by atoms with E-state index in [0.29, 0.717) is 28.9 Å². The van der Waals surface area contributed by atoms with Crippen molar-refractivity contribution in [2.45, 2.75) is 6.42 Å². The quantitative estimate of drug-likeness (QED) is 0.924. The van der Waals surface area contributed by atoms with E-state index in [9.17, 15) is 8.42 Å². The van der Waals surface area contributed by atoms with Crippen LogP contribution < -0.4 is 5.32 Å². The Morgan fingerprint density at radius 1 is 1.33 bits per heavy atom. The van der Waals surface area contributed by atoms with Crippen molar-refractivity contribution >= 4 is 37.9 Å². The molecule has 112 valence electrons. The van der Waals surface area contributed by atoms with Crippen LogP contribution in [0.5, 0.6) is 0 Å². The summed E-state index contributed by atoms with van der Waals surface area (Å²) in [7, 11) is -2.83. The molecule has 1 aliphatic rings. The Hall–Kier alpha value is -1.18. The fourth-order valence-corrected chi connectivity index (χ4v) is 5.24. The Morgan fingerprint density at radius 3 is 2.86 bits per heavy atom. The molecule has 2 heterocycles. The molecule has 1 atom stereocenters. The van der Waals surface area contributed by atoms with Crippen LogP contribution in [0.15, 0.2) is 24.3 Å². The van der Waals surface area contributed by atoms with Gasteiger partial charge in [0.2, 0.25) is 5.13 Å². The third kappa shape index (κ3) is 3.53. The molecule has 1 aromatic carbocycles. The van der Waals surface area contributed by atoms with Gasteiger partial charge >= 0.3 is 0 Å². The van der Waals surface area contributed by atoms with Gasteiger partial charge in [-0.25, -0.2) is 8.42 Å². The fourth-order valence-electron chi connectivity index (χ4n) is 2.30. The molecule has 0 unspecified atom stereocenters. The van der Waals surface area contributed by atoms with Crippen molar-refractivity contribution in [3.63, 3.8) is 0 Å². The Kier molecular flexibility index (Phi) is 4.14. The minimum absolute atomic E-state index is 0.155. The van der Waals surface area contributed by atoms with E-state index in [1.165, 1.54) is 11.3 Å². The van der Waals surface area contributed by atoms with Gasteiger partial charge in [0.25, 0.3) is 0 Å². The highest BCUT2D eigenvalue weighted by molar-refractivity contribution is 7.91. The number of rotatable bonds is 4. The van der Waals surface area contributed by atoms with Crippen LogP contribution in [0.3, 0.4) is 0 Å². The fraction of sp³-hybridized carbons (Fsp3) is 0.385. The van der Waals surface area contributed by atoms with Gasteiger partial charge in [0, 0.05) is 12.1 Å². The molecule has 21 heavy (non-hydrogen) atoms. The summed E-state index contributed by atoms with van der Waals surface area (Å²) < 4.78 is 22.8. The Balaban J connectivity index is 1.65. The van der Waals surface area contributed by atoms with Crippen molar-refractivity contribution in [1.29, 1.82) is 0 Å². The lowest BCUT2D eigenvalue weighted by atomic mass is 10.1. The summed E-state index contributed by atoms with van der Waals surface area (Å²) in [6.45, 7) is 0.608.